The van der Waals surface area contributed by atoms with Crippen LogP contribution in [0.25, 0.3) is 0 Å². The molecule has 1 atom stereocenters. The van der Waals surface area contributed by atoms with Gasteiger partial charge in [-0.2, -0.15) is 0 Å². The topological polar surface area (TPSA) is 86.8 Å². The van der Waals surface area contributed by atoms with Crippen LogP contribution in [0.5, 0.6) is 0 Å². The molecule has 0 radical (unpaired) electrons. The van der Waals surface area contributed by atoms with Crippen molar-refractivity contribution in [1.82, 2.24) is 10.2 Å². The van der Waals surface area contributed by atoms with Crippen molar-refractivity contribution in [2.24, 2.45) is 0 Å². The fraction of sp³-hybridized carbons (Fsp3) is 0.417. The number of carbonyl (C=O) groups excluding carboxylic acids is 2. The van der Waals surface area contributed by atoms with E-state index in [0.717, 1.165) is 11.8 Å². The van der Waals surface area contributed by atoms with Gasteiger partial charge in [0.1, 0.15) is 6.04 Å². The van der Waals surface area contributed by atoms with Gasteiger partial charge < -0.3 is 10.2 Å². The van der Waals surface area contributed by atoms with E-state index in [0.29, 0.717) is 31.6 Å². The molecule has 0 saturated carbocycles. The number of anilines is 1. The maximum absolute atomic E-state index is 13.1. The zero-order chi connectivity index (χ0) is 23.6. The molecule has 32 heavy (non-hydrogen) atoms. The third-order valence-electron chi connectivity index (χ3n) is 5.20. The Bertz CT molecular complexity index is 965. The summed E-state index contributed by atoms with van der Waals surface area (Å²) >= 11 is 0. The monoisotopic (exact) mass is 459 g/mol. The number of hydrogen-bond acceptors (Lipinski definition) is 4. The van der Waals surface area contributed by atoms with E-state index in [9.17, 15) is 18.0 Å². The highest BCUT2D eigenvalue weighted by atomic mass is 32.2. The predicted molar refractivity (Wildman–Crippen MR) is 128 cm³/mol. The van der Waals surface area contributed by atoms with Crippen molar-refractivity contribution in [2.45, 2.75) is 39.2 Å². The summed E-state index contributed by atoms with van der Waals surface area (Å²) in [6.45, 7) is 4.65. The number of para-hydroxylation sites is 1. The minimum atomic E-state index is -3.48. The Morgan fingerprint density at radius 2 is 1.56 bits per heavy atom. The molecule has 2 rings (SSSR count). The first kappa shape index (κ1) is 25.4. The molecule has 8 heteroatoms. The summed E-state index contributed by atoms with van der Waals surface area (Å²) in [4.78, 5) is 27.1. The first-order valence-corrected chi connectivity index (χ1v) is 12.7. The number of benzene rings is 2. The second-order valence-corrected chi connectivity index (χ2v) is 9.57. The molecule has 7 nitrogen and oxygen atoms in total. The van der Waals surface area contributed by atoms with Crippen LogP contribution in [-0.4, -0.2) is 57.1 Å². The van der Waals surface area contributed by atoms with Crippen LogP contribution in [-0.2, 0) is 26.0 Å². The van der Waals surface area contributed by atoms with Crippen molar-refractivity contribution in [1.29, 1.82) is 0 Å². The summed E-state index contributed by atoms with van der Waals surface area (Å²) in [5.41, 5.74) is 1.65. The molecular weight excluding hydrogens is 426 g/mol. The van der Waals surface area contributed by atoms with E-state index in [1.54, 1.807) is 36.1 Å². The summed E-state index contributed by atoms with van der Waals surface area (Å²) in [6, 6.07) is 18.0. The Hall–Kier alpha value is -2.87. The van der Waals surface area contributed by atoms with E-state index in [2.05, 4.69) is 5.32 Å². The van der Waals surface area contributed by atoms with Crippen LogP contribution in [0.3, 0.4) is 0 Å². The summed E-state index contributed by atoms with van der Waals surface area (Å²) < 4.78 is 25.8. The molecule has 2 aromatic carbocycles. The quantitative estimate of drug-likeness (QED) is 0.529. The highest BCUT2D eigenvalue weighted by Gasteiger charge is 2.25. The van der Waals surface area contributed by atoms with Gasteiger partial charge in [0.05, 0.1) is 11.9 Å². The average molecular weight is 460 g/mol. The number of rotatable bonds is 12. The molecule has 0 aromatic heterocycles. The second kappa shape index (κ2) is 12.2. The van der Waals surface area contributed by atoms with Gasteiger partial charge in [-0.05, 0) is 44.4 Å². The molecule has 0 fully saturated rings. The fourth-order valence-corrected chi connectivity index (χ4v) is 4.46. The third-order valence-corrected chi connectivity index (χ3v) is 6.39. The summed E-state index contributed by atoms with van der Waals surface area (Å²) in [7, 11) is -3.48. The van der Waals surface area contributed by atoms with E-state index in [-0.39, 0.29) is 24.8 Å². The number of hydrogen-bond donors (Lipinski definition) is 1. The fourth-order valence-electron chi connectivity index (χ4n) is 3.49. The molecule has 0 aliphatic rings. The maximum Gasteiger partial charge on any atom is 0.242 e. The first-order valence-electron chi connectivity index (χ1n) is 10.9. The lowest BCUT2D eigenvalue weighted by atomic mass is 10.1. The lowest BCUT2D eigenvalue weighted by Crippen LogP contribution is -2.48. The smallest absolute Gasteiger partial charge is 0.242 e. The lowest BCUT2D eigenvalue weighted by Gasteiger charge is -2.29. The Balaban J connectivity index is 2.06. The van der Waals surface area contributed by atoms with Crippen molar-refractivity contribution in [3.05, 3.63) is 66.2 Å². The Morgan fingerprint density at radius 1 is 0.969 bits per heavy atom. The van der Waals surface area contributed by atoms with Crippen LogP contribution in [0.2, 0.25) is 0 Å². The largest absolute Gasteiger partial charge is 0.355 e. The molecule has 174 valence electrons. The van der Waals surface area contributed by atoms with Crippen LogP contribution < -0.4 is 9.62 Å². The zero-order valence-electron chi connectivity index (χ0n) is 19.0. The van der Waals surface area contributed by atoms with Gasteiger partial charge in [-0.15, -0.1) is 0 Å². The van der Waals surface area contributed by atoms with Gasteiger partial charge in [-0.3, -0.25) is 13.9 Å². The molecule has 0 bridgehead atoms. The Kier molecular flexibility index (Phi) is 9.71. The van der Waals surface area contributed by atoms with Gasteiger partial charge in [-0.1, -0.05) is 48.5 Å². The summed E-state index contributed by atoms with van der Waals surface area (Å²) in [5.74, 6) is -0.364. The molecule has 0 aliphatic carbocycles. The SMILES string of the molecule is CCNC(=O)[C@@H](C)N(CCc1ccccc1)C(=O)CCCN(c1ccccc1)S(C)(=O)=O. The van der Waals surface area contributed by atoms with Crippen molar-refractivity contribution in [3.8, 4) is 0 Å². The van der Waals surface area contributed by atoms with Crippen molar-refractivity contribution < 1.29 is 18.0 Å². The average Bonchev–Trinajstić information content (AvgIpc) is 2.77. The molecule has 1 N–H and O–H groups in total. The minimum absolute atomic E-state index is 0.150. The van der Waals surface area contributed by atoms with Gasteiger partial charge in [-0.25, -0.2) is 8.42 Å². The van der Waals surface area contributed by atoms with Gasteiger partial charge in [0.25, 0.3) is 0 Å². The molecule has 0 saturated heterocycles. The van der Waals surface area contributed by atoms with Crippen LogP contribution in [0.4, 0.5) is 5.69 Å². The molecule has 0 aliphatic heterocycles. The van der Waals surface area contributed by atoms with Crippen LogP contribution in [0, 0.1) is 0 Å². The van der Waals surface area contributed by atoms with Gasteiger partial charge >= 0.3 is 0 Å². The predicted octanol–water partition coefficient (Wildman–Crippen LogP) is 2.83. The lowest BCUT2D eigenvalue weighted by molar-refractivity contribution is -0.139. The number of sulfonamides is 1. The Morgan fingerprint density at radius 3 is 2.12 bits per heavy atom. The Labute approximate surface area is 191 Å². The van der Waals surface area contributed by atoms with Crippen molar-refractivity contribution in [3.63, 3.8) is 0 Å². The number of likely N-dealkylation sites (N-methyl/N-ethyl adjacent to an activating group) is 1. The molecular formula is C24H33N3O4S. The third kappa shape index (κ3) is 7.67. The number of nitrogens with zero attached hydrogens (tertiary/aromatic N) is 2. The summed E-state index contributed by atoms with van der Waals surface area (Å²) in [6.07, 6.45) is 2.29. The number of nitrogens with one attached hydrogen (secondary N) is 1. The van der Waals surface area contributed by atoms with Gasteiger partial charge in [0.2, 0.25) is 21.8 Å². The van der Waals surface area contributed by atoms with E-state index in [1.807, 2.05) is 43.3 Å². The molecule has 0 heterocycles. The number of amides is 2. The van der Waals surface area contributed by atoms with Crippen LogP contribution in [0.1, 0.15) is 32.3 Å². The standard InChI is InChI=1S/C24H33N3O4S/c1-4-25-24(29)20(2)26(19-17-21-12-7-5-8-13-21)23(28)16-11-18-27(32(3,30)31)22-14-9-6-10-15-22/h5-10,12-15,20H,4,11,16-19H2,1-3H3,(H,25,29)/t20-/m1/s1. The van der Waals surface area contributed by atoms with E-state index >= 15 is 0 Å². The first-order chi connectivity index (χ1) is 15.2. The molecule has 0 spiro atoms. The van der Waals surface area contributed by atoms with Crippen LogP contribution >= 0.6 is 0 Å². The summed E-state index contributed by atoms with van der Waals surface area (Å²) in [5, 5.41) is 2.77. The van der Waals surface area contributed by atoms with Crippen LogP contribution in [0.15, 0.2) is 60.7 Å². The van der Waals surface area contributed by atoms with E-state index in [1.165, 1.54) is 4.31 Å². The maximum atomic E-state index is 13.1. The second-order valence-electron chi connectivity index (χ2n) is 7.67. The zero-order valence-corrected chi connectivity index (χ0v) is 19.8. The van der Waals surface area contributed by atoms with Crippen molar-refractivity contribution in [2.75, 3.05) is 30.2 Å². The number of carbonyl (C=O) groups is 2. The highest BCUT2D eigenvalue weighted by Crippen LogP contribution is 2.18. The molecule has 2 amide bonds. The van der Waals surface area contributed by atoms with E-state index in [4.69, 9.17) is 0 Å². The van der Waals surface area contributed by atoms with Gasteiger partial charge in [0, 0.05) is 26.1 Å². The van der Waals surface area contributed by atoms with Crippen molar-refractivity contribution >= 4 is 27.5 Å². The van der Waals surface area contributed by atoms with E-state index < -0.39 is 16.1 Å². The normalized spacial score (nSPS) is 12.1. The highest BCUT2D eigenvalue weighted by molar-refractivity contribution is 7.92. The minimum Gasteiger partial charge on any atom is -0.355 e. The van der Waals surface area contributed by atoms with Gasteiger partial charge in [0.15, 0.2) is 0 Å². The molecule has 2 aromatic rings. The molecule has 0 unspecified atom stereocenters.